The molecule has 0 aliphatic heterocycles. The minimum absolute atomic E-state index is 0.116. The predicted molar refractivity (Wildman–Crippen MR) is 82.6 cm³/mol. The lowest BCUT2D eigenvalue weighted by atomic mass is 10.2. The van der Waals surface area contributed by atoms with Crippen molar-refractivity contribution in [3.05, 3.63) is 62.6 Å². The van der Waals surface area contributed by atoms with Gasteiger partial charge in [0.25, 0.3) is 0 Å². The lowest BCUT2D eigenvalue weighted by Crippen LogP contribution is -2.09. The monoisotopic (exact) mass is 375 g/mol. The summed E-state index contributed by atoms with van der Waals surface area (Å²) < 4.78 is 33.3. The Hall–Kier alpha value is -1.17. The van der Waals surface area contributed by atoms with Gasteiger partial charge in [-0.15, -0.1) is 0 Å². The maximum Gasteiger partial charge on any atom is 0.146 e. The maximum absolute atomic E-state index is 13.9. The molecule has 0 saturated carbocycles. The van der Waals surface area contributed by atoms with Gasteiger partial charge in [-0.1, -0.05) is 11.6 Å². The molecular weight excluding hydrogens is 364 g/mol. The molecule has 0 aliphatic rings. The van der Waals surface area contributed by atoms with Crippen LogP contribution >= 0.6 is 27.5 Å². The average Bonchev–Trinajstić information content (AvgIpc) is 2.45. The zero-order chi connectivity index (χ0) is 15.4. The molecule has 0 aromatic heterocycles. The molecule has 21 heavy (non-hydrogen) atoms. The SMILES string of the molecule is CNCc1cc(Cl)ccc1OCc1c(F)ccc(Br)c1F. The van der Waals surface area contributed by atoms with Gasteiger partial charge in [0.05, 0.1) is 10.0 Å². The Labute approximate surface area is 135 Å². The van der Waals surface area contributed by atoms with Crippen LogP contribution in [-0.2, 0) is 13.2 Å². The molecule has 0 spiro atoms. The lowest BCUT2D eigenvalue weighted by molar-refractivity contribution is 0.289. The highest BCUT2D eigenvalue weighted by Crippen LogP contribution is 2.26. The van der Waals surface area contributed by atoms with Crippen LogP contribution in [0.4, 0.5) is 8.78 Å². The smallest absolute Gasteiger partial charge is 0.146 e. The van der Waals surface area contributed by atoms with E-state index in [1.165, 1.54) is 12.1 Å². The minimum Gasteiger partial charge on any atom is -0.488 e. The fourth-order valence-corrected chi connectivity index (χ4v) is 2.43. The second-order valence-corrected chi connectivity index (χ2v) is 5.68. The minimum atomic E-state index is -0.654. The van der Waals surface area contributed by atoms with Crippen LogP contribution < -0.4 is 10.1 Å². The molecule has 2 rings (SSSR count). The van der Waals surface area contributed by atoms with Crippen LogP contribution in [0.1, 0.15) is 11.1 Å². The van der Waals surface area contributed by atoms with Gasteiger partial charge in [-0.05, 0) is 53.3 Å². The van der Waals surface area contributed by atoms with Crippen molar-refractivity contribution in [1.29, 1.82) is 0 Å². The number of nitrogens with one attached hydrogen (secondary N) is 1. The van der Waals surface area contributed by atoms with E-state index in [1.54, 1.807) is 25.2 Å². The Bertz CT molecular complexity index is 652. The molecule has 0 aliphatic carbocycles. The van der Waals surface area contributed by atoms with E-state index in [0.717, 1.165) is 5.56 Å². The average molecular weight is 377 g/mol. The van der Waals surface area contributed by atoms with Crippen LogP contribution in [0, 0.1) is 11.6 Å². The third-order valence-corrected chi connectivity index (χ3v) is 3.75. The zero-order valence-electron chi connectivity index (χ0n) is 11.2. The van der Waals surface area contributed by atoms with Crippen molar-refractivity contribution in [2.75, 3.05) is 7.05 Å². The van der Waals surface area contributed by atoms with Crippen LogP contribution in [-0.4, -0.2) is 7.05 Å². The third kappa shape index (κ3) is 3.93. The molecule has 0 unspecified atom stereocenters. The van der Waals surface area contributed by atoms with E-state index >= 15 is 0 Å². The van der Waals surface area contributed by atoms with Gasteiger partial charge in [-0.2, -0.15) is 0 Å². The van der Waals surface area contributed by atoms with Gasteiger partial charge >= 0.3 is 0 Å². The molecule has 0 radical (unpaired) electrons. The Kier molecular flexibility index (Phi) is 5.56. The van der Waals surface area contributed by atoms with Crippen molar-refractivity contribution in [3.63, 3.8) is 0 Å². The quantitative estimate of drug-likeness (QED) is 0.765. The van der Waals surface area contributed by atoms with Crippen LogP contribution in [0.2, 0.25) is 5.02 Å². The highest BCUT2D eigenvalue weighted by atomic mass is 79.9. The maximum atomic E-state index is 13.9. The molecular formula is C15H13BrClF2NO. The molecule has 1 N–H and O–H groups in total. The van der Waals surface area contributed by atoms with E-state index in [4.69, 9.17) is 16.3 Å². The first-order chi connectivity index (χ1) is 10.0. The summed E-state index contributed by atoms with van der Waals surface area (Å²) in [4.78, 5) is 0. The molecule has 0 bridgehead atoms. The van der Waals surface area contributed by atoms with Crippen LogP contribution in [0.25, 0.3) is 0 Å². The van der Waals surface area contributed by atoms with Gasteiger partial charge in [0.15, 0.2) is 0 Å². The van der Waals surface area contributed by atoms with E-state index in [9.17, 15) is 8.78 Å². The summed E-state index contributed by atoms with van der Waals surface area (Å²) in [6.45, 7) is 0.342. The Morgan fingerprint density at radius 1 is 1.24 bits per heavy atom. The van der Waals surface area contributed by atoms with Gasteiger partial charge < -0.3 is 10.1 Å². The standard InChI is InChI=1S/C15H13BrClF2NO/c1-20-7-9-6-10(17)2-5-14(9)21-8-11-13(18)4-3-12(16)15(11)19/h2-6,20H,7-8H2,1H3. The van der Waals surface area contributed by atoms with Crippen molar-refractivity contribution < 1.29 is 13.5 Å². The molecule has 6 heteroatoms. The number of hydrogen-bond donors (Lipinski definition) is 1. The summed E-state index contributed by atoms with van der Waals surface area (Å²) in [6.07, 6.45) is 0. The van der Waals surface area contributed by atoms with E-state index in [2.05, 4.69) is 21.2 Å². The summed E-state index contributed by atoms with van der Waals surface area (Å²) in [5.41, 5.74) is 0.704. The number of hydrogen-bond acceptors (Lipinski definition) is 2. The number of benzene rings is 2. The molecule has 112 valence electrons. The molecule has 2 aromatic carbocycles. The molecule has 0 fully saturated rings. The van der Waals surface area contributed by atoms with E-state index < -0.39 is 11.6 Å². The molecule has 0 atom stereocenters. The van der Waals surface area contributed by atoms with Crippen molar-refractivity contribution in [1.82, 2.24) is 5.32 Å². The number of rotatable bonds is 5. The van der Waals surface area contributed by atoms with Gasteiger partial charge in [0, 0.05) is 17.1 Å². The van der Waals surface area contributed by atoms with Crippen LogP contribution in [0.15, 0.2) is 34.8 Å². The van der Waals surface area contributed by atoms with Crippen LogP contribution in [0.5, 0.6) is 5.75 Å². The molecule has 0 heterocycles. The zero-order valence-corrected chi connectivity index (χ0v) is 13.6. The van der Waals surface area contributed by atoms with Crippen molar-refractivity contribution in [3.8, 4) is 5.75 Å². The van der Waals surface area contributed by atoms with Crippen molar-refractivity contribution in [2.24, 2.45) is 0 Å². The Balaban J connectivity index is 2.23. The van der Waals surface area contributed by atoms with E-state index in [0.29, 0.717) is 17.3 Å². The molecule has 0 saturated heterocycles. The first-order valence-corrected chi connectivity index (χ1v) is 7.38. The van der Waals surface area contributed by atoms with Crippen molar-refractivity contribution in [2.45, 2.75) is 13.2 Å². The number of ether oxygens (including phenoxy) is 1. The first-order valence-electron chi connectivity index (χ1n) is 6.21. The summed E-state index contributed by atoms with van der Waals surface area (Å²) in [7, 11) is 1.79. The Morgan fingerprint density at radius 2 is 2.00 bits per heavy atom. The molecule has 0 amide bonds. The predicted octanol–water partition coefficient (Wildman–Crippen LogP) is 4.68. The normalized spacial score (nSPS) is 10.7. The molecule has 2 nitrogen and oxygen atoms in total. The molecule has 2 aromatic rings. The second-order valence-electron chi connectivity index (χ2n) is 4.39. The van der Waals surface area contributed by atoms with Gasteiger partial charge in [-0.3, -0.25) is 0 Å². The first kappa shape index (κ1) is 16.2. The van der Waals surface area contributed by atoms with Crippen molar-refractivity contribution >= 4 is 27.5 Å². The number of halogens is 4. The highest BCUT2D eigenvalue weighted by molar-refractivity contribution is 9.10. The third-order valence-electron chi connectivity index (χ3n) is 2.90. The summed E-state index contributed by atoms with van der Waals surface area (Å²) in [5, 5.41) is 3.56. The fraction of sp³-hybridized carbons (Fsp3) is 0.200. The van der Waals surface area contributed by atoms with E-state index in [1.807, 2.05) is 0 Å². The second kappa shape index (κ2) is 7.20. The lowest BCUT2D eigenvalue weighted by Gasteiger charge is -2.13. The summed E-state index contributed by atoms with van der Waals surface area (Å²) in [5.74, 6) is -0.758. The van der Waals surface area contributed by atoms with Gasteiger partial charge in [0.1, 0.15) is 24.0 Å². The fourth-order valence-electron chi connectivity index (χ4n) is 1.87. The van der Waals surface area contributed by atoms with Crippen LogP contribution in [0.3, 0.4) is 0 Å². The highest BCUT2D eigenvalue weighted by Gasteiger charge is 2.14. The van der Waals surface area contributed by atoms with Gasteiger partial charge in [-0.25, -0.2) is 8.78 Å². The topological polar surface area (TPSA) is 21.3 Å². The largest absolute Gasteiger partial charge is 0.488 e. The van der Waals surface area contributed by atoms with Gasteiger partial charge in [0.2, 0.25) is 0 Å². The summed E-state index contributed by atoms with van der Waals surface area (Å²) in [6, 6.07) is 7.62. The Morgan fingerprint density at radius 3 is 2.71 bits per heavy atom. The van der Waals surface area contributed by atoms with E-state index in [-0.39, 0.29) is 16.6 Å². The summed E-state index contributed by atoms with van der Waals surface area (Å²) >= 11 is 8.96.